The largest absolute Gasteiger partial charge is 0.496 e. The van der Waals surface area contributed by atoms with Gasteiger partial charge in [0.1, 0.15) is 30.6 Å². The van der Waals surface area contributed by atoms with E-state index in [0.717, 1.165) is 22.3 Å². The first-order valence-electron chi connectivity index (χ1n) is 20.1. The predicted octanol–water partition coefficient (Wildman–Crippen LogP) is 6.39. The van der Waals surface area contributed by atoms with Crippen LogP contribution in [0.3, 0.4) is 0 Å². The van der Waals surface area contributed by atoms with Crippen LogP contribution in [0.4, 0.5) is 4.79 Å². The second kappa shape index (κ2) is 19.7. The fraction of sp³-hybridized carbons (Fsp3) is 0.578. The quantitative estimate of drug-likeness (QED) is 0.148. The lowest BCUT2D eigenvalue weighted by Crippen LogP contribution is -2.51. The van der Waals surface area contributed by atoms with E-state index in [9.17, 15) is 24.0 Å². The lowest BCUT2D eigenvalue weighted by Gasteiger charge is -2.29. The van der Waals surface area contributed by atoms with Crippen LogP contribution in [-0.2, 0) is 51.2 Å². The molecule has 0 bridgehead atoms. The van der Waals surface area contributed by atoms with E-state index in [0.29, 0.717) is 12.3 Å². The minimum Gasteiger partial charge on any atom is -0.496 e. The Morgan fingerprint density at radius 1 is 1.00 bits per heavy atom. The molecule has 2 aromatic carbocycles. The standard InChI is InChI=1S/C45H63N3O10/c1-27(2)21-36-41(51)56-35(29(4)38-39(58-38)32-18-15-30(16-19-32)24-55-43(53)48(10)26-44(5,6)7)13-12-14-37(49)47-33(23-31-17-20-34(54-11)28(3)22-31)40(50)46-25-45(8,9)42(52)57-36/h12,14-20,22,27,29,33,35-36,38-39H,13,21,23-26H2,1-11H3,(H,46,50)(H,47,49)/b14-12+/t29-,33+,35-,36-,38-,39-/m0/s1. The number of carbonyl (C=O) groups is 5. The SMILES string of the molecule is COc1ccc(C[C@H]2NC(=O)/C=C/C[C@@H]([C@H](C)[C@@H]3O[C@H]3c3ccc(COC(=O)N(C)CC(C)(C)C)cc3)OC(=O)[C@H](CC(C)C)OC(=O)C(C)(C)CNC2=O)cc1C. The Hall–Kier alpha value is -4.91. The third-order valence-corrected chi connectivity index (χ3v) is 10.2. The van der Waals surface area contributed by atoms with E-state index >= 15 is 0 Å². The van der Waals surface area contributed by atoms with Crippen molar-refractivity contribution >= 4 is 29.8 Å². The molecule has 318 valence electrons. The Morgan fingerprint density at radius 2 is 1.67 bits per heavy atom. The number of carbonyl (C=O) groups excluding carboxylic acids is 5. The van der Waals surface area contributed by atoms with Gasteiger partial charge in [0, 0.05) is 38.9 Å². The summed E-state index contributed by atoms with van der Waals surface area (Å²) in [6, 6.07) is 12.2. The Morgan fingerprint density at radius 3 is 2.29 bits per heavy atom. The molecule has 4 rings (SSSR count). The van der Waals surface area contributed by atoms with Crippen LogP contribution in [0.25, 0.3) is 0 Å². The summed E-state index contributed by atoms with van der Waals surface area (Å²) < 4.78 is 29.0. The zero-order valence-electron chi connectivity index (χ0n) is 36.0. The number of cyclic esters (lactones) is 2. The van der Waals surface area contributed by atoms with Gasteiger partial charge in [0.25, 0.3) is 0 Å². The molecule has 13 heteroatoms. The van der Waals surface area contributed by atoms with Gasteiger partial charge >= 0.3 is 18.0 Å². The van der Waals surface area contributed by atoms with Crippen molar-refractivity contribution in [2.24, 2.45) is 22.7 Å². The number of aryl methyl sites for hydroxylation is 1. The summed E-state index contributed by atoms with van der Waals surface area (Å²) in [5.74, 6) is -1.96. The summed E-state index contributed by atoms with van der Waals surface area (Å²) in [7, 11) is 3.30. The Balaban J connectivity index is 1.52. The number of methoxy groups -OCH3 is 1. The zero-order valence-corrected chi connectivity index (χ0v) is 36.0. The number of ether oxygens (including phenoxy) is 5. The summed E-state index contributed by atoms with van der Waals surface area (Å²) >= 11 is 0. The number of rotatable bonds is 11. The maximum absolute atomic E-state index is 13.8. The van der Waals surface area contributed by atoms with Crippen LogP contribution in [0.2, 0.25) is 0 Å². The van der Waals surface area contributed by atoms with Gasteiger partial charge in [0.05, 0.1) is 18.6 Å². The highest BCUT2D eigenvalue weighted by molar-refractivity contribution is 5.93. The van der Waals surface area contributed by atoms with Gasteiger partial charge in [-0.3, -0.25) is 14.4 Å². The third-order valence-electron chi connectivity index (χ3n) is 10.2. The lowest BCUT2D eigenvalue weighted by atomic mass is 9.92. The Labute approximate surface area is 343 Å². The Kier molecular flexibility index (Phi) is 15.5. The van der Waals surface area contributed by atoms with E-state index in [-0.39, 0.29) is 61.9 Å². The average molecular weight is 806 g/mol. The molecule has 2 aliphatic heterocycles. The summed E-state index contributed by atoms with van der Waals surface area (Å²) in [4.78, 5) is 68.4. The van der Waals surface area contributed by atoms with Crippen LogP contribution in [0, 0.1) is 29.6 Å². The topological polar surface area (TPSA) is 162 Å². The molecule has 2 aliphatic rings. The maximum Gasteiger partial charge on any atom is 0.409 e. The first kappa shape index (κ1) is 45.8. The van der Waals surface area contributed by atoms with Gasteiger partial charge in [0.2, 0.25) is 11.8 Å². The van der Waals surface area contributed by atoms with Crippen molar-refractivity contribution in [3.8, 4) is 5.75 Å². The number of nitrogens with zero attached hydrogens (tertiary/aromatic N) is 1. The van der Waals surface area contributed by atoms with Gasteiger partial charge in [-0.05, 0) is 72.9 Å². The summed E-state index contributed by atoms with van der Waals surface area (Å²) in [5, 5.41) is 5.62. The van der Waals surface area contributed by atoms with Gasteiger partial charge < -0.3 is 39.2 Å². The number of esters is 2. The fourth-order valence-corrected chi connectivity index (χ4v) is 6.89. The smallest absolute Gasteiger partial charge is 0.409 e. The molecule has 2 aromatic rings. The summed E-state index contributed by atoms with van der Waals surface area (Å²) in [6.07, 6.45) is 0.616. The molecule has 0 unspecified atom stereocenters. The average Bonchev–Trinajstić information content (AvgIpc) is 3.95. The van der Waals surface area contributed by atoms with Gasteiger partial charge in [-0.2, -0.15) is 0 Å². The summed E-state index contributed by atoms with van der Waals surface area (Å²) in [6.45, 7) is 17.7. The molecular formula is C45H63N3O10. The van der Waals surface area contributed by atoms with Gasteiger partial charge in [0.15, 0.2) is 6.10 Å². The van der Waals surface area contributed by atoms with Crippen molar-refractivity contribution < 1.29 is 47.7 Å². The van der Waals surface area contributed by atoms with Crippen LogP contribution < -0.4 is 15.4 Å². The second-order valence-corrected chi connectivity index (χ2v) is 17.9. The lowest BCUT2D eigenvalue weighted by molar-refractivity contribution is -0.179. The first-order chi connectivity index (χ1) is 27.2. The normalized spacial score (nSPS) is 24.1. The Bertz CT molecular complexity index is 1800. The van der Waals surface area contributed by atoms with Crippen LogP contribution in [0.5, 0.6) is 5.75 Å². The molecular weight excluding hydrogens is 743 g/mol. The summed E-state index contributed by atoms with van der Waals surface area (Å²) in [5.41, 5.74) is 2.17. The van der Waals surface area contributed by atoms with E-state index in [1.165, 1.54) is 6.08 Å². The van der Waals surface area contributed by atoms with Crippen LogP contribution >= 0.6 is 0 Å². The van der Waals surface area contributed by atoms with Crippen molar-refractivity contribution in [3.63, 3.8) is 0 Å². The van der Waals surface area contributed by atoms with Gasteiger partial charge in [-0.25, -0.2) is 9.59 Å². The number of benzene rings is 2. The molecule has 0 saturated carbocycles. The number of epoxide rings is 1. The molecule has 58 heavy (non-hydrogen) atoms. The molecule has 6 atom stereocenters. The molecule has 2 N–H and O–H groups in total. The highest BCUT2D eigenvalue weighted by Gasteiger charge is 2.48. The molecule has 2 heterocycles. The van der Waals surface area contributed by atoms with Crippen LogP contribution in [0.1, 0.15) is 96.6 Å². The number of hydrogen-bond donors (Lipinski definition) is 2. The van der Waals surface area contributed by atoms with Crippen molar-refractivity contribution in [2.75, 3.05) is 27.2 Å². The minimum absolute atomic E-state index is 0.00684. The fourth-order valence-electron chi connectivity index (χ4n) is 6.89. The van der Waals surface area contributed by atoms with E-state index < -0.39 is 53.5 Å². The molecule has 0 aromatic heterocycles. The first-order valence-corrected chi connectivity index (χ1v) is 20.1. The molecule has 0 spiro atoms. The van der Waals surface area contributed by atoms with Gasteiger partial charge in [-0.1, -0.05) is 84.0 Å². The second-order valence-electron chi connectivity index (χ2n) is 17.9. The van der Waals surface area contributed by atoms with Crippen LogP contribution in [-0.4, -0.2) is 86.3 Å². The molecule has 0 radical (unpaired) electrons. The molecule has 0 aliphatic carbocycles. The number of nitrogens with one attached hydrogen (secondary N) is 2. The van der Waals surface area contributed by atoms with E-state index in [2.05, 4.69) is 31.4 Å². The number of amides is 3. The van der Waals surface area contributed by atoms with E-state index in [1.807, 2.05) is 70.2 Å². The molecule has 13 nitrogen and oxygen atoms in total. The molecule has 3 amide bonds. The molecule has 1 saturated heterocycles. The predicted molar refractivity (Wildman–Crippen MR) is 219 cm³/mol. The monoisotopic (exact) mass is 805 g/mol. The molecule has 1 fully saturated rings. The zero-order chi connectivity index (χ0) is 42.9. The van der Waals surface area contributed by atoms with Crippen molar-refractivity contribution in [1.29, 1.82) is 0 Å². The minimum atomic E-state index is -1.21. The van der Waals surface area contributed by atoms with Crippen molar-refractivity contribution in [2.45, 2.75) is 119 Å². The van der Waals surface area contributed by atoms with Crippen molar-refractivity contribution in [3.05, 3.63) is 76.9 Å². The highest BCUT2D eigenvalue weighted by Crippen LogP contribution is 2.45. The van der Waals surface area contributed by atoms with Crippen molar-refractivity contribution in [1.82, 2.24) is 15.5 Å². The van der Waals surface area contributed by atoms with E-state index in [1.54, 1.807) is 39.0 Å². The highest BCUT2D eigenvalue weighted by atomic mass is 16.6. The van der Waals surface area contributed by atoms with Gasteiger partial charge in [-0.15, -0.1) is 0 Å². The van der Waals surface area contributed by atoms with E-state index in [4.69, 9.17) is 23.7 Å². The maximum atomic E-state index is 13.8. The van der Waals surface area contributed by atoms with Crippen LogP contribution in [0.15, 0.2) is 54.6 Å². The number of hydrogen-bond acceptors (Lipinski definition) is 10. The third kappa shape index (κ3) is 13.3.